The lowest BCUT2D eigenvalue weighted by atomic mass is 9.90. The summed E-state index contributed by atoms with van der Waals surface area (Å²) in [5.41, 5.74) is -1.09. The van der Waals surface area contributed by atoms with Crippen molar-refractivity contribution < 1.29 is 19.5 Å². The van der Waals surface area contributed by atoms with Gasteiger partial charge in [0, 0.05) is 19.4 Å². The van der Waals surface area contributed by atoms with E-state index in [0.717, 1.165) is 4.90 Å². The number of likely N-dealkylation sites (tertiary alicyclic amines) is 1. The molecule has 2 amide bonds. The summed E-state index contributed by atoms with van der Waals surface area (Å²) in [4.78, 5) is 35.3. The van der Waals surface area contributed by atoms with E-state index >= 15 is 0 Å². The molecule has 1 heterocycles. The van der Waals surface area contributed by atoms with Gasteiger partial charge in [-0.1, -0.05) is 6.92 Å². The highest BCUT2D eigenvalue weighted by molar-refractivity contribution is 5.98. The van der Waals surface area contributed by atoms with Gasteiger partial charge in [0.2, 0.25) is 11.8 Å². The zero-order valence-electron chi connectivity index (χ0n) is 9.82. The first-order chi connectivity index (χ1) is 7.24. The molecule has 1 saturated heterocycles. The van der Waals surface area contributed by atoms with Gasteiger partial charge in [0.25, 0.3) is 0 Å². The van der Waals surface area contributed by atoms with Crippen molar-refractivity contribution in [1.29, 1.82) is 0 Å². The number of carboxylic acids is 1. The van der Waals surface area contributed by atoms with E-state index < -0.39 is 11.4 Å². The Kier molecular flexibility index (Phi) is 3.35. The zero-order valence-corrected chi connectivity index (χ0v) is 9.82. The number of piperidine rings is 1. The van der Waals surface area contributed by atoms with Crippen molar-refractivity contribution in [3.8, 4) is 0 Å². The van der Waals surface area contributed by atoms with Gasteiger partial charge in [0.15, 0.2) is 0 Å². The number of carboxylic acid groups (broad SMARTS) is 1. The highest BCUT2D eigenvalue weighted by atomic mass is 16.4. The Morgan fingerprint density at radius 2 is 1.81 bits per heavy atom. The van der Waals surface area contributed by atoms with Crippen molar-refractivity contribution in [1.82, 2.24) is 4.90 Å². The predicted molar refractivity (Wildman–Crippen MR) is 56.5 cm³/mol. The van der Waals surface area contributed by atoms with Crippen LogP contribution >= 0.6 is 0 Å². The molecule has 0 saturated carbocycles. The summed E-state index contributed by atoms with van der Waals surface area (Å²) in [7, 11) is 0. The summed E-state index contributed by atoms with van der Waals surface area (Å²) in [5, 5.41) is 8.95. The standard InChI is InChI=1S/C11H17NO4/c1-7-4-8(13)12(9(14)5-7)6-11(2,3)10(15)16/h7H,4-6H2,1-3H3,(H,15,16). The van der Waals surface area contributed by atoms with Crippen molar-refractivity contribution in [2.24, 2.45) is 11.3 Å². The monoisotopic (exact) mass is 227 g/mol. The van der Waals surface area contributed by atoms with Gasteiger partial charge in [-0.3, -0.25) is 19.3 Å². The lowest BCUT2D eigenvalue weighted by Crippen LogP contribution is -2.49. The van der Waals surface area contributed by atoms with Crippen molar-refractivity contribution in [2.45, 2.75) is 33.6 Å². The van der Waals surface area contributed by atoms with Crippen LogP contribution in [0.5, 0.6) is 0 Å². The fraction of sp³-hybridized carbons (Fsp3) is 0.727. The van der Waals surface area contributed by atoms with E-state index in [4.69, 9.17) is 5.11 Å². The van der Waals surface area contributed by atoms with E-state index in [1.807, 2.05) is 6.92 Å². The molecule has 0 unspecified atom stereocenters. The summed E-state index contributed by atoms with van der Waals surface area (Å²) in [6, 6.07) is 0. The molecule has 5 nitrogen and oxygen atoms in total. The number of hydrogen-bond acceptors (Lipinski definition) is 3. The van der Waals surface area contributed by atoms with Gasteiger partial charge >= 0.3 is 5.97 Å². The third-order valence-electron chi connectivity index (χ3n) is 2.78. The fourth-order valence-corrected chi connectivity index (χ4v) is 1.67. The van der Waals surface area contributed by atoms with Gasteiger partial charge in [-0.05, 0) is 19.8 Å². The highest BCUT2D eigenvalue weighted by Gasteiger charge is 2.37. The molecule has 1 rings (SSSR count). The number of rotatable bonds is 3. The van der Waals surface area contributed by atoms with Gasteiger partial charge in [-0.15, -0.1) is 0 Å². The van der Waals surface area contributed by atoms with E-state index in [1.54, 1.807) is 0 Å². The first-order valence-electron chi connectivity index (χ1n) is 5.30. The molecule has 90 valence electrons. The van der Waals surface area contributed by atoms with Crippen molar-refractivity contribution in [3.05, 3.63) is 0 Å². The van der Waals surface area contributed by atoms with Gasteiger partial charge in [-0.25, -0.2) is 0 Å². The Balaban J connectivity index is 2.77. The molecule has 0 aromatic rings. The van der Waals surface area contributed by atoms with Crippen LogP contribution in [0.3, 0.4) is 0 Å². The first kappa shape index (κ1) is 12.7. The average Bonchev–Trinajstić information content (AvgIpc) is 2.11. The Labute approximate surface area is 94.4 Å². The molecule has 0 spiro atoms. The van der Waals surface area contributed by atoms with Crippen LogP contribution < -0.4 is 0 Å². The topological polar surface area (TPSA) is 74.7 Å². The molecule has 0 aliphatic carbocycles. The minimum absolute atomic E-state index is 0.0489. The molecular weight excluding hydrogens is 210 g/mol. The number of imide groups is 1. The van der Waals surface area contributed by atoms with E-state index in [-0.39, 0.29) is 24.3 Å². The summed E-state index contributed by atoms with van der Waals surface area (Å²) < 4.78 is 0. The predicted octanol–water partition coefficient (Wildman–Crippen LogP) is 0.882. The molecule has 1 N–H and O–H groups in total. The van der Waals surface area contributed by atoms with E-state index in [9.17, 15) is 14.4 Å². The Bertz CT molecular complexity index is 317. The average molecular weight is 227 g/mol. The summed E-state index contributed by atoms with van der Waals surface area (Å²) in [6.45, 7) is 4.81. The van der Waals surface area contributed by atoms with Gasteiger partial charge in [-0.2, -0.15) is 0 Å². The maximum absolute atomic E-state index is 11.6. The number of carbonyl (C=O) groups is 3. The number of carbonyl (C=O) groups excluding carboxylic acids is 2. The van der Waals surface area contributed by atoms with Crippen LogP contribution in [-0.2, 0) is 14.4 Å². The second-order valence-electron chi connectivity index (χ2n) is 5.08. The molecule has 1 aliphatic heterocycles. The van der Waals surface area contributed by atoms with Crippen LogP contribution in [0.2, 0.25) is 0 Å². The molecule has 16 heavy (non-hydrogen) atoms. The van der Waals surface area contributed by atoms with E-state index in [1.165, 1.54) is 13.8 Å². The van der Waals surface area contributed by atoms with Crippen LogP contribution in [0, 0.1) is 11.3 Å². The third-order valence-corrected chi connectivity index (χ3v) is 2.78. The van der Waals surface area contributed by atoms with Crippen molar-refractivity contribution in [2.75, 3.05) is 6.54 Å². The van der Waals surface area contributed by atoms with Crippen molar-refractivity contribution >= 4 is 17.8 Å². The molecule has 0 radical (unpaired) electrons. The molecule has 0 atom stereocenters. The molecule has 1 aliphatic rings. The Hall–Kier alpha value is -1.39. The molecule has 0 aromatic heterocycles. The first-order valence-corrected chi connectivity index (χ1v) is 5.30. The fourth-order valence-electron chi connectivity index (χ4n) is 1.67. The smallest absolute Gasteiger partial charge is 0.310 e. The van der Waals surface area contributed by atoms with Crippen LogP contribution in [0.25, 0.3) is 0 Å². The normalized spacial score (nSPS) is 19.1. The van der Waals surface area contributed by atoms with E-state index in [2.05, 4.69) is 0 Å². The quantitative estimate of drug-likeness (QED) is 0.726. The molecule has 1 fully saturated rings. The van der Waals surface area contributed by atoms with Gasteiger partial charge in [0.1, 0.15) is 0 Å². The van der Waals surface area contributed by atoms with Gasteiger partial charge < -0.3 is 5.11 Å². The van der Waals surface area contributed by atoms with E-state index in [0.29, 0.717) is 12.8 Å². The third kappa shape index (κ3) is 2.59. The molecule has 0 bridgehead atoms. The van der Waals surface area contributed by atoms with Crippen LogP contribution in [0.15, 0.2) is 0 Å². The zero-order chi connectivity index (χ0) is 12.5. The maximum atomic E-state index is 11.6. The minimum Gasteiger partial charge on any atom is -0.481 e. The number of hydrogen-bond donors (Lipinski definition) is 1. The largest absolute Gasteiger partial charge is 0.481 e. The molecule has 5 heteroatoms. The van der Waals surface area contributed by atoms with Crippen LogP contribution in [0.4, 0.5) is 0 Å². The number of amides is 2. The summed E-state index contributed by atoms with van der Waals surface area (Å²) >= 11 is 0. The van der Waals surface area contributed by atoms with Crippen LogP contribution in [0.1, 0.15) is 33.6 Å². The molecular formula is C11H17NO4. The highest BCUT2D eigenvalue weighted by Crippen LogP contribution is 2.24. The minimum atomic E-state index is -1.09. The Morgan fingerprint density at radius 1 is 1.38 bits per heavy atom. The summed E-state index contributed by atoms with van der Waals surface area (Å²) in [6.07, 6.45) is 0.642. The van der Waals surface area contributed by atoms with Crippen LogP contribution in [-0.4, -0.2) is 34.3 Å². The second kappa shape index (κ2) is 4.23. The lowest BCUT2D eigenvalue weighted by molar-refractivity contribution is -0.156. The number of aliphatic carboxylic acids is 1. The summed E-state index contributed by atoms with van der Waals surface area (Å²) in [5.74, 6) is -1.48. The Morgan fingerprint density at radius 3 is 2.19 bits per heavy atom. The molecule has 0 aromatic carbocycles. The second-order valence-corrected chi connectivity index (χ2v) is 5.08. The van der Waals surface area contributed by atoms with Gasteiger partial charge in [0.05, 0.1) is 5.41 Å². The lowest BCUT2D eigenvalue weighted by Gasteiger charge is -2.32. The SMILES string of the molecule is CC1CC(=O)N(CC(C)(C)C(=O)O)C(=O)C1. The maximum Gasteiger partial charge on any atom is 0.310 e. The van der Waals surface area contributed by atoms with Crippen molar-refractivity contribution in [3.63, 3.8) is 0 Å². The number of nitrogens with zero attached hydrogens (tertiary/aromatic N) is 1.